The zero-order valence-corrected chi connectivity index (χ0v) is 17.0. The maximum absolute atomic E-state index is 12.8. The molecular formula is C23H28ClN3O. The van der Waals surface area contributed by atoms with Crippen LogP contribution in [0.5, 0.6) is 0 Å². The molecule has 0 saturated carbocycles. The number of nitrogens with zero attached hydrogens (tertiary/aromatic N) is 2. The Kier molecular flexibility index (Phi) is 6.18. The zero-order chi connectivity index (χ0) is 19.3. The van der Waals surface area contributed by atoms with Crippen LogP contribution in [-0.2, 0) is 11.3 Å². The summed E-state index contributed by atoms with van der Waals surface area (Å²) in [6.45, 7) is 4.86. The van der Waals surface area contributed by atoms with Crippen LogP contribution in [0, 0.1) is 5.92 Å². The molecule has 0 aliphatic carbocycles. The van der Waals surface area contributed by atoms with Crippen LogP contribution in [0.25, 0.3) is 0 Å². The Balaban J connectivity index is 1.33. The van der Waals surface area contributed by atoms with Crippen molar-refractivity contribution in [1.29, 1.82) is 0 Å². The van der Waals surface area contributed by atoms with E-state index in [0.717, 1.165) is 61.8 Å². The van der Waals surface area contributed by atoms with E-state index in [0.29, 0.717) is 0 Å². The van der Waals surface area contributed by atoms with Crippen LogP contribution in [-0.4, -0.2) is 37.0 Å². The number of rotatable bonds is 5. The molecule has 4 rings (SSSR count). The van der Waals surface area contributed by atoms with Gasteiger partial charge in [-0.15, -0.1) is 0 Å². The van der Waals surface area contributed by atoms with Gasteiger partial charge in [-0.3, -0.25) is 9.69 Å². The van der Waals surface area contributed by atoms with E-state index in [4.69, 9.17) is 11.6 Å². The molecule has 1 unspecified atom stereocenters. The summed E-state index contributed by atoms with van der Waals surface area (Å²) in [6.07, 6.45) is 4.52. The van der Waals surface area contributed by atoms with E-state index in [9.17, 15) is 4.79 Å². The van der Waals surface area contributed by atoms with Gasteiger partial charge >= 0.3 is 0 Å². The fourth-order valence-corrected chi connectivity index (χ4v) is 4.45. The Bertz CT molecular complexity index is 802. The highest BCUT2D eigenvalue weighted by molar-refractivity contribution is 6.31. The molecule has 28 heavy (non-hydrogen) atoms. The van der Waals surface area contributed by atoms with Crippen LogP contribution in [0.3, 0.4) is 0 Å². The molecular weight excluding hydrogens is 370 g/mol. The third-order valence-corrected chi connectivity index (χ3v) is 6.20. The topological polar surface area (TPSA) is 35.6 Å². The van der Waals surface area contributed by atoms with Crippen LogP contribution in [0.4, 0.5) is 11.4 Å². The van der Waals surface area contributed by atoms with E-state index < -0.39 is 0 Å². The summed E-state index contributed by atoms with van der Waals surface area (Å²) in [7, 11) is 0. The summed E-state index contributed by atoms with van der Waals surface area (Å²) in [5, 5.41) is 3.91. The molecule has 2 aromatic carbocycles. The molecule has 1 amide bonds. The summed E-state index contributed by atoms with van der Waals surface area (Å²) >= 11 is 6.30. The number of benzene rings is 2. The average molecular weight is 398 g/mol. The lowest BCUT2D eigenvalue weighted by Crippen LogP contribution is -2.40. The van der Waals surface area contributed by atoms with Crippen molar-refractivity contribution >= 4 is 28.9 Å². The van der Waals surface area contributed by atoms with Gasteiger partial charge in [-0.1, -0.05) is 29.8 Å². The Labute approximate surface area is 172 Å². The van der Waals surface area contributed by atoms with Gasteiger partial charge in [-0.05, 0) is 68.1 Å². The molecule has 2 fully saturated rings. The standard InChI is InChI=1S/C23H28ClN3O/c24-22-8-2-1-6-18(22)16-26-13-5-7-19(17-26)23(28)25-20-9-11-21(12-10-20)27-14-3-4-15-27/h1-2,6,8-12,19H,3-5,7,13-17H2,(H,25,28). The van der Waals surface area contributed by atoms with E-state index in [1.807, 2.05) is 30.3 Å². The highest BCUT2D eigenvalue weighted by atomic mass is 35.5. The van der Waals surface area contributed by atoms with E-state index in [1.54, 1.807) is 0 Å². The minimum absolute atomic E-state index is 0.0227. The van der Waals surface area contributed by atoms with Crippen molar-refractivity contribution in [2.75, 3.05) is 36.4 Å². The second-order valence-corrected chi connectivity index (χ2v) is 8.30. The predicted molar refractivity (Wildman–Crippen MR) is 116 cm³/mol. The second kappa shape index (κ2) is 8.97. The van der Waals surface area contributed by atoms with Crippen molar-refractivity contribution in [3.63, 3.8) is 0 Å². The molecule has 0 aromatic heterocycles. The SMILES string of the molecule is O=C(Nc1ccc(N2CCCC2)cc1)C1CCCN(Cc2ccccc2Cl)C1. The van der Waals surface area contributed by atoms with Crippen molar-refractivity contribution in [1.82, 2.24) is 4.90 Å². The fourth-order valence-electron chi connectivity index (χ4n) is 4.26. The van der Waals surface area contributed by atoms with Crippen molar-refractivity contribution in [2.45, 2.75) is 32.2 Å². The number of likely N-dealkylation sites (tertiary alicyclic amines) is 1. The van der Waals surface area contributed by atoms with Gasteiger partial charge in [0.05, 0.1) is 5.92 Å². The smallest absolute Gasteiger partial charge is 0.228 e. The van der Waals surface area contributed by atoms with E-state index in [-0.39, 0.29) is 11.8 Å². The first-order valence-electron chi connectivity index (χ1n) is 10.3. The van der Waals surface area contributed by atoms with Crippen LogP contribution in [0.2, 0.25) is 5.02 Å². The Morgan fingerprint density at radius 1 is 1.00 bits per heavy atom. The second-order valence-electron chi connectivity index (χ2n) is 7.90. The normalized spacial score (nSPS) is 20.3. The highest BCUT2D eigenvalue weighted by Crippen LogP contribution is 2.25. The third kappa shape index (κ3) is 4.68. The summed E-state index contributed by atoms with van der Waals surface area (Å²) in [5.74, 6) is 0.146. The van der Waals surface area contributed by atoms with Gasteiger partial charge < -0.3 is 10.2 Å². The Morgan fingerprint density at radius 2 is 1.75 bits per heavy atom. The molecule has 2 aliphatic rings. The van der Waals surface area contributed by atoms with Gasteiger partial charge in [-0.25, -0.2) is 0 Å². The lowest BCUT2D eigenvalue weighted by Gasteiger charge is -2.32. The molecule has 5 heteroatoms. The number of carbonyl (C=O) groups excluding carboxylic acids is 1. The number of hydrogen-bond donors (Lipinski definition) is 1. The molecule has 2 heterocycles. The van der Waals surface area contributed by atoms with Gasteiger partial charge in [0.2, 0.25) is 5.91 Å². The van der Waals surface area contributed by atoms with Gasteiger partial charge in [0.1, 0.15) is 0 Å². The van der Waals surface area contributed by atoms with Gasteiger partial charge in [0.15, 0.2) is 0 Å². The molecule has 1 atom stereocenters. The lowest BCUT2D eigenvalue weighted by molar-refractivity contribution is -0.121. The molecule has 148 valence electrons. The highest BCUT2D eigenvalue weighted by Gasteiger charge is 2.26. The van der Waals surface area contributed by atoms with Gasteiger partial charge in [-0.2, -0.15) is 0 Å². The van der Waals surface area contributed by atoms with Crippen LogP contribution in [0.15, 0.2) is 48.5 Å². The maximum Gasteiger partial charge on any atom is 0.228 e. The summed E-state index contributed by atoms with van der Waals surface area (Å²) in [5.41, 5.74) is 3.26. The molecule has 2 aromatic rings. The minimum Gasteiger partial charge on any atom is -0.372 e. The molecule has 0 radical (unpaired) electrons. The summed E-state index contributed by atoms with van der Waals surface area (Å²) < 4.78 is 0. The third-order valence-electron chi connectivity index (χ3n) is 5.83. The number of anilines is 2. The van der Waals surface area contributed by atoms with Crippen LogP contribution >= 0.6 is 11.6 Å². The number of halogens is 1. The molecule has 4 nitrogen and oxygen atoms in total. The molecule has 1 N–H and O–H groups in total. The van der Waals surface area contributed by atoms with Crippen molar-refractivity contribution in [3.8, 4) is 0 Å². The fraction of sp³-hybridized carbons (Fsp3) is 0.435. The average Bonchev–Trinajstić information content (AvgIpc) is 3.25. The monoisotopic (exact) mass is 397 g/mol. The first kappa shape index (κ1) is 19.3. The summed E-state index contributed by atoms with van der Waals surface area (Å²) in [6, 6.07) is 16.2. The predicted octanol–water partition coefficient (Wildman–Crippen LogP) is 4.79. The lowest BCUT2D eigenvalue weighted by atomic mass is 9.96. The molecule has 0 bridgehead atoms. The van der Waals surface area contributed by atoms with Gasteiger partial charge in [0.25, 0.3) is 0 Å². The minimum atomic E-state index is 0.0227. The van der Waals surface area contributed by atoms with Crippen molar-refractivity contribution in [3.05, 3.63) is 59.1 Å². The first-order chi connectivity index (χ1) is 13.7. The quantitative estimate of drug-likeness (QED) is 0.787. The van der Waals surface area contributed by atoms with Gasteiger partial charge in [0, 0.05) is 42.6 Å². The number of piperidine rings is 1. The number of nitrogens with one attached hydrogen (secondary N) is 1. The number of carbonyl (C=O) groups is 1. The molecule has 2 saturated heterocycles. The van der Waals surface area contributed by atoms with E-state index in [1.165, 1.54) is 18.5 Å². The van der Waals surface area contributed by atoms with E-state index in [2.05, 4.69) is 33.3 Å². The van der Waals surface area contributed by atoms with E-state index >= 15 is 0 Å². The zero-order valence-electron chi connectivity index (χ0n) is 16.2. The number of amides is 1. The van der Waals surface area contributed by atoms with Crippen LogP contribution < -0.4 is 10.2 Å². The largest absolute Gasteiger partial charge is 0.372 e. The Hall–Kier alpha value is -2.04. The van der Waals surface area contributed by atoms with Crippen molar-refractivity contribution < 1.29 is 4.79 Å². The summed E-state index contributed by atoms with van der Waals surface area (Å²) in [4.78, 5) is 17.5. The molecule has 0 spiro atoms. The first-order valence-corrected chi connectivity index (χ1v) is 10.7. The Morgan fingerprint density at radius 3 is 2.50 bits per heavy atom. The van der Waals surface area contributed by atoms with Crippen LogP contribution in [0.1, 0.15) is 31.2 Å². The maximum atomic E-state index is 12.8. The van der Waals surface area contributed by atoms with Crippen molar-refractivity contribution in [2.24, 2.45) is 5.92 Å². The molecule has 2 aliphatic heterocycles. The number of hydrogen-bond acceptors (Lipinski definition) is 3.